The lowest BCUT2D eigenvalue weighted by atomic mass is 9.87. The molecule has 2 rings (SSSR count). The SMILES string of the molecule is CNc1nc(C)c([N+](=O)[O-])c(NCC2CCC(O)CC2)n1. The average molecular weight is 295 g/mol. The molecule has 0 spiro atoms. The van der Waals surface area contributed by atoms with Crippen LogP contribution >= 0.6 is 0 Å². The van der Waals surface area contributed by atoms with Crippen molar-refractivity contribution in [2.24, 2.45) is 5.92 Å². The summed E-state index contributed by atoms with van der Waals surface area (Å²) in [5.41, 5.74) is 0.255. The molecule has 1 heterocycles. The Hall–Kier alpha value is -1.96. The summed E-state index contributed by atoms with van der Waals surface area (Å²) in [5, 5.41) is 26.5. The molecule has 0 aliphatic heterocycles. The summed E-state index contributed by atoms with van der Waals surface area (Å²) in [4.78, 5) is 18.9. The minimum atomic E-state index is -0.457. The minimum absolute atomic E-state index is 0.0788. The molecule has 0 amide bonds. The molecule has 0 bridgehead atoms. The second kappa shape index (κ2) is 6.66. The first kappa shape index (κ1) is 15.4. The third-order valence-corrected chi connectivity index (χ3v) is 3.84. The highest BCUT2D eigenvalue weighted by atomic mass is 16.6. The first-order valence-corrected chi connectivity index (χ1v) is 7.14. The third kappa shape index (κ3) is 3.78. The van der Waals surface area contributed by atoms with Crippen molar-refractivity contribution in [3.8, 4) is 0 Å². The number of nitrogens with one attached hydrogen (secondary N) is 2. The summed E-state index contributed by atoms with van der Waals surface area (Å²) in [6.07, 6.45) is 3.22. The molecule has 1 aromatic heterocycles. The molecule has 1 aliphatic rings. The van der Waals surface area contributed by atoms with E-state index in [-0.39, 0.29) is 17.6 Å². The van der Waals surface area contributed by atoms with Crippen LogP contribution in [0.4, 0.5) is 17.5 Å². The molecule has 0 unspecified atom stereocenters. The van der Waals surface area contributed by atoms with Gasteiger partial charge in [-0.15, -0.1) is 0 Å². The Kier molecular flexibility index (Phi) is 4.89. The van der Waals surface area contributed by atoms with Crippen molar-refractivity contribution in [3.63, 3.8) is 0 Å². The zero-order chi connectivity index (χ0) is 15.4. The van der Waals surface area contributed by atoms with Crippen LogP contribution in [0.3, 0.4) is 0 Å². The van der Waals surface area contributed by atoms with E-state index < -0.39 is 4.92 Å². The van der Waals surface area contributed by atoms with Crippen LogP contribution in [-0.2, 0) is 0 Å². The van der Waals surface area contributed by atoms with E-state index in [1.54, 1.807) is 14.0 Å². The van der Waals surface area contributed by atoms with Crippen LogP contribution in [0.5, 0.6) is 0 Å². The van der Waals surface area contributed by atoms with E-state index in [1.807, 2.05) is 0 Å². The van der Waals surface area contributed by atoms with E-state index in [1.165, 1.54) is 0 Å². The van der Waals surface area contributed by atoms with E-state index in [0.29, 0.717) is 24.1 Å². The Balaban J connectivity index is 2.10. The van der Waals surface area contributed by atoms with Gasteiger partial charge in [0, 0.05) is 13.6 Å². The quantitative estimate of drug-likeness (QED) is 0.559. The van der Waals surface area contributed by atoms with Crippen molar-refractivity contribution in [2.45, 2.75) is 38.7 Å². The van der Waals surface area contributed by atoms with Gasteiger partial charge in [-0.3, -0.25) is 10.1 Å². The van der Waals surface area contributed by atoms with Gasteiger partial charge in [0.1, 0.15) is 5.69 Å². The van der Waals surface area contributed by atoms with Crippen LogP contribution in [0.25, 0.3) is 0 Å². The van der Waals surface area contributed by atoms with Crippen molar-refractivity contribution in [3.05, 3.63) is 15.8 Å². The highest BCUT2D eigenvalue weighted by Crippen LogP contribution is 2.29. The Labute approximate surface area is 123 Å². The molecule has 0 radical (unpaired) electrons. The zero-order valence-corrected chi connectivity index (χ0v) is 12.3. The van der Waals surface area contributed by atoms with Crippen molar-refractivity contribution < 1.29 is 10.0 Å². The fraction of sp³-hybridized carbons (Fsp3) is 0.692. The molecule has 8 heteroatoms. The van der Waals surface area contributed by atoms with Crippen molar-refractivity contribution >= 4 is 17.5 Å². The highest BCUT2D eigenvalue weighted by Gasteiger charge is 2.24. The van der Waals surface area contributed by atoms with Crippen LogP contribution in [0.15, 0.2) is 0 Å². The first-order valence-electron chi connectivity index (χ1n) is 7.14. The zero-order valence-electron chi connectivity index (χ0n) is 12.3. The van der Waals surface area contributed by atoms with E-state index >= 15 is 0 Å². The first-order chi connectivity index (χ1) is 10.0. The maximum absolute atomic E-state index is 11.2. The van der Waals surface area contributed by atoms with E-state index in [4.69, 9.17) is 0 Å². The fourth-order valence-electron chi connectivity index (χ4n) is 2.61. The van der Waals surface area contributed by atoms with Crippen LogP contribution in [-0.4, -0.2) is 39.7 Å². The molecule has 0 atom stereocenters. The van der Waals surface area contributed by atoms with Gasteiger partial charge < -0.3 is 15.7 Å². The number of hydrogen-bond acceptors (Lipinski definition) is 7. The number of aryl methyl sites for hydroxylation is 1. The summed E-state index contributed by atoms with van der Waals surface area (Å²) in [6.45, 7) is 2.22. The van der Waals surface area contributed by atoms with Gasteiger partial charge in [0.15, 0.2) is 0 Å². The molecule has 1 saturated carbocycles. The van der Waals surface area contributed by atoms with Gasteiger partial charge in [0.05, 0.1) is 11.0 Å². The van der Waals surface area contributed by atoms with E-state index in [9.17, 15) is 15.2 Å². The lowest BCUT2D eigenvalue weighted by Crippen LogP contribution is -2.24. The smallest absolute Gasteiger partial charge is 0.332 e. The number of nitrogens with zero attached hydrogens (tertiary/aromatic N) is 3. The van der Waals surface area contributed by atoms with Crippen LogP contribution in [0.2, 0.25) is 0 Å². The van der Waals surface area contributed by atoms with Crippen LogP contribution in [0.1, 0.15) is 31.4 Å². The van der Waals surface area contributed by atoms with Gasteiger partial charge in [-0.1, -0.05) is 0 Å². The third-order valence-electron chi connectivity index (χ3n) is 3.84. The Morgan fingerprint density at radius 3 is 2.57 bits per heavy atom. The number of aliphatic hydroxyl groups excluding tert-OH is 1. The molecule has 0 aromatic carbocycles. The van der Waals surface area contributed by atoms with Crippen molar-refractivity contribution in [2.75, 3.05) is 24.2 Å². The van der Waals surface area contributed by atoms with Gasteiger partial charge in [0.2, 0.25) is 11.8 Å². The van der Waals surface area contributed by atoms with Crippen molar-refractivity contribution in [1.29, 1.82) is 0 Å². The summed E-state index contributed by atoms with van der Waals surface area (Å²) >= 11 is 0. The van der Waals surface area contributed by atoms with E-state index in [0.717, 1.165) is 25.7 Å². The molecular formula is C13H21N5O3. The monoisotopic (exact) mass is 295 g/mol. The molecule has 1 aliphatic carbocycles. The predicted molar refractivity (Wildman–Crippen MR) is 79.4 cm³/mol. The van der Waals surface area contributed by atoms with Crippen molar-refractivity contribution in [1.82, 2.24) is 9.97 Å². The largest absolute Gasteiger partial charge is 0.393 e. The Morgan fingerprint density at radius 1 is 1.33 bits per heavy atom. The van der Waals surface area contributed by atoms with Gasteiger partial charge >= 0.3 is 5.69 Å². The van der Waals surface area contributed by atoms with Crippen LogP contribution < -0.4 is 10.6 Å². The normalized spacial score (nSPS) is 21.9. The summed E-state index contributed by atoms with van der Waals surface area (Å²) in [6, 6.07) is 0. The predicted octanol–water partition coefficient (Wildman–Crippen LogP) is 1.70. The molecular weight excluding hydrogens is 274 g/mol. The standard InChI is InChI=1S/C13H21N5O3/c1-8-11(18(20)21)12(17-13(14-2)16-8)15-7-9-3-5-10(19)6-4-9/h9-10,19H,3-7H2,1-2H3,(H2,14,15,16,17). The average Bonchev–Trinajstić information content (AvgIpc) is 2.45. The Bertz CT molecular complexity index is 515. The van der Waals surface area contributed by atoms with Gasteiger partial charge in [-0.2, -0.15) is 4.98 Å². The molecule has 3 N–H and O–H groups in total. The minimum Gasteiger partial charge on any atom is -0.393 e. The maximum atomic E-state index is 11.2. The fourth-order valence-corrected chi connectivity index (χ4v) is 2.61. The number of hydrogen-bond donors (Lipinski definition) is 3. The molecule has 1 aromatic rings. The molecule has 21 heavy (non-hydrogen) atoms. The summed E-state index contributed by atoms with van der Waals surface area (Å²) < 4.78 is 0. The summed E-state index contributed by atoms with van der Waals surface area (Å²) in [7, 11) is 1.67. The number of rotatable bonds is 5. The number of aliphatic hydroxyl groups is 1. The van der Waals surface area contributed by atoms with Gasteiger partial charge in [0.25, 0.3) is 0 Å². The van der Waals surface area contributed by atoms with Gasteiger partial charge in [-0.05, 0) is 38.5 Å². The van der Waals surface area contributed by atoms with E-state index in [2.05, 4.69) is 20.6 Å². The molecule has 0 saturated heterocycles. The number of nitro groups is 1. The summed E-state index contributed by atoms with van der Waals surface area (Å²) in [5.74, 6) is 1.02. The number of aromatic nitrogens is 2. The lowest BCUT2D eigenvalue weighted by molar-refractivity contribution is -0.385. The van der Waals surface area contributed by atoms with Crippen LogP contribution in [0, 0.1) is 23.0 Å². The number of anilines is 2. The molecule has 1 fully saturated rings. The molecule has 8 nitrogen and oxygen atoms in total. The highest BCUT2D eigenvalue weighted by molar-refractivity contribution is 5.60. The second-order valence-corrected chi connectivity index (χ2v) is 5.39. The topological polar surface area (TPSA) is 113 Å². The lowest BCUT2D eigenvalue weighted by Gasteiger charge is -2.25. The van der Waals surface area contributed by atoms with Gasteiger partial charge in [-0.25, -0.2) is 4.98 Å². The maximum Gasteiger partial charge on any atom is 0.332 e. The second-order valence-electron chi connectivity index (χ2n) is 5.39. The Morgan fingerprint density at radius 2 is 2.00 bits per heavy atom. The molecule has 116 valence electrons.